The lowest BCUT2D eigenvalue weighted by atomic mass is 9.89. The first-order valence-corrected chi connectivity index (χ1v) is 7.66. The van der Waals surface area contributed by atoms with Crippen molar-refractivity contribution in [3.8, 4) is 5.75 Å². The molecule has 1 amide bonds. The van der Waals surface area contributed by atoms with Gasteiger partial charge in [0.1, 0.15) is 5.75 Å². The van der Waals surface area contributed by atoms with Gasteiger partial charge < -0.3 is 10.1 Å². The average molecular weight is 338 g/mol. The molecule has 1 fully saturated rings. The van der Waals surface area contributed by atoms with E-state index < -0.39 is 0 Å². The van der Waals surface area contributed by atoms with Crippen LogP contribution in [0, 0.1) is 11.8 Å². The first-order valence-electron chi connectivity index (χ1n) is 6.86. The Morgan fingerprint density at radius 2 is 2.20 bits per heavy atom. The highest BCUT2D eigenvalue weighted by Crippen LogP contribution is 2.39. The Hall–Kier alpha value is -1.36. The molecule has 1 aromatic carbocycles. The van der Waals surface area contributed by atoms with Crippen LogP contribution in [0.15, 0.2) is 16.6 Å². The Morgan fingerprint density at radius 1 is 1.40 bits per heavy atom. The highest BCUT2D eigenvalue weighted by atomic mass is 79.9. The Labute approximate surface area is 126 Å². The molecule has 1 aliphatic heterocycles. The SMILES string of the molecule is CC1CCCC1C(=O)c1cc2c(cc1Br)NC(=O)CO2. The van der Waals surface area contributed by atoms with Crippen molar-refractivity contribution in [1.29, 1.82) is 0 Å². The number of carbonyl (C=O) groups is 2. The van der Waals surface area contributed by atoms with Gasteiger partial charge in [-0.3, -0.25) is 9.59 Å². The van der Waals surface area contributed by atoms with Crippen LogP contribution in [0.1, 0.15) is 36.5 Å². The van der Waals surface area contributed by atoms with Crippen molar-refractivity contribution < 1.29 is 14.3 Å². The van der Waals surface area contributed by atoms with Crippen LogP contribution in [0.25, 0.3) is 0 Å². The van der Waals surface area contributed by atoms with E-state index in [2.05, 4.69) is 28.2 Å². The number of fused-ring (bicyclic) bond motifs is 1. The van der Waals surface area contributed by atoms with Crippen molar-refractivity contribution in [2.75, 3.05) is 11.9 Å². The van der Waals surface area contributed by atoms with Gasteiger partial charge in [-0.25, -0.2) is 0 Å². The zero-order valence-electron chi connectivity index (χ0n) is 11.2. The topological polar surface area (TPSA) is 55.4 Å². The number of carbonyl (C=O) groups excluding carboxylic acids is 2. The van der Waals surface area contributed by atoms with Crippen LogP contribution in [-0.2, 0) is 4.79 Å². The summed E-state index contributed by atoms with van der Waals surface area (Å²) in [5, 5.41) is 2.74. The highest BCUT2D eigenvalue weighted by molar-refractivity contribution is 9.10. The fourth-order valence-corrected chi connectivity index (χ4v) is 3.56. The number of rotatable bonds is 2. The number of nitrogens with one attached hydrogen (secondary N) is 1. The monoisotopic (exact) mass is 337 g/mol. The summed E-state index contributed by atoms with van der Waals surface area (Å²) in [5.41, 5.74) is 1.27. The predicted molar refractivity (Wildman–Crippen MR) is 79.1 cm³/mol. The number of Topliss-reactive ketones (excluding diaryl/α,β-unsaturated/α-hetero) is 1. The highest BCUT2D eigenvalue weighted by Gasteiger charge is 2.32. The first-order chi connectivity index (χ1) is 9.56. The van der Waals surface area contributed by atoms with Crippen LogP contribution in [0.4, 0.5) is 5.69 Å². The molecule has 0 radical (unpaired) electrons. The smallest absolute Gasteiger partial charge is 0.262 e. The van der Waals surface area contributed by atoms with Gasteiger partial charge in [0.2, 0.25) is 0 Å². The summed E-state index contributed by atoms with van der Waals surface area (Å²) in [6, 6.07) is 3.49. The van der Waals surface area contributed by atoms with Crippen molar-refractivity contribution in [2.24, 2.45) is 11.8 Å². The number of amides is 1. The van der Waals surface area contributed by atoms with E-state index in [4.69, 9.17) is 4.74 Å². The minimum atomic E-state index is -0.173. The lowest BCUT2D eigenvalue weighted by molar-refractivity contribution is -0.118. The maximum Gasteiger partial charge on any atom is 0.262 e. The van der Waals surface area contributed by atoms with Crippen LogP contribution < -0.4 is 10.1 Å². The molecule has 20 heavy (non-hydrogen) atoms. The van der Waals surface area contributed by atoms with Crippen molar-refractivity contribution >= 4 is 33.3 Å². The molecule has 0 aromatic heterocycles. The summed E-state index contributed by atoms with van der Waals surface area (Å²) in [4.78, 5) is 23.9. The predicted octanol–water partition coefficient (Wildman–Crippen LogP) is 3.40. The maximum atomic E-state index is 12.7. The zero-order valence-corrected chi connectivity index (χ0v) is 12.8. The van der Waals surface area contributed by atoms with Crippen LogP contribution in [0.2, 0.25) is 0 Å². The second-order valence-corrected chi connectivity index (χ2v) is 6.40. The lowest BCUT2D eigenvalue weighted by Crippen LogP contribution is -2.26. The maximum absolute atomic E-state index is 12.7. The molecule has 106 valence electrons. The molecule has 5 heteroatoms. The first kappa shape index (κ1) is 13.6. The summed E-state index contributed by atoms with van der Waals surface area (Å²) in [5.74, 6) is 1.11. The number of benzene rings is 1. The van der Waals surface area contributed by atoms with Crippen molar-refractivity contribution in [3.63, 3.8) is 0 Å². The van der Waals surface area contributed by atoms with E-state index >= 15 is 0 Å². The second kappa shape index (κ2) is 5.20. The Bertz CT molecular complexity index is 585. The third-order valence-corrected chi connectivity index (χ3v) is 4.82. The van der Waals surface area contributed by atoms with E-state index in [1.54, 1.807) is 12.1 Å². The van der Waals surface area contributed by atoms with Crippen LogP contribution in [-0.4, -0.2) is 18.3 Å². The number of anilines is 1. The van der Waals surface area contributed by atoms with E-state index in [0.29, 0.717) is 27.4 Å². The van der Waals surface area contributed by atoms with Gasteiger partial charge in [-0.2, -0.15) is 0 Å². The third-order valence-electron chi connectivity index (χ3n) is 4.17. The Balaban J connectivity index is 1.94. The molecular weight excluding hydrogens is 322 g/mol. The van der Waals surface area contributed by atoms with Gasteiger partial charge in [0.05, 0.1) is 5.69 Å². The summed E-state index contributed by atoms with van der Waals surface area (Å²) >= 11 is 3.44. The van der Waals surface area contributed by atoms with Gasteiger partial charge >= 0.3 is 0 Å². The lowest BCUT2D eigenvalue weighted by Gasteiger charge is -2.21. The van der Waals surface area contributed by atoms with Crippen molar-refractivity contribution in [3.05, 3.63) is 22.2 Å². The molecular formula is C15H16BrNO3. The molecule has 0 bridgehead atoms. The van der Waals surface area contributed by atoms with Gasteiger partial charge in [-0.15, -0.1) is 0 Å². The van der Waals surface area contributed by atoms with E-state index in [1.807, 2.05) is 0 Å². The third kappa shape index (κ3) is 2.35. The molecule has 0 spiro atoms. The summed E-state index contributed by atoms with van der Waals surface area (Å²) in [7, 11) is 0. The molecule has 0 saturated heterocycles. The van der Waals surface area contributed by atoms with Crippen LogP contribution in [0.5, 0.6) is 5.75 Å². The molecule has 1 aromatic rings. The van der Waals surface area contributed by atoms with Crippen molar-refractivity contribution in [1.82, 2.24) is 0 Å². The summed E-state index contributed by atoms with van der Waals surface area (Å²) in [6.07, 6.45) is 3.19. The fourth-order valence-electron chi connectivity index (χ4n) is 3.02. The Kier molecular flexibility index (Phi) is 3.54. The summed E-state index contributed by atoms with van der Waals surface area (Å²) < 4.78 is 6.10. The van der Waals surface area contributed by atoms with E-state index in [9.17, 15) is 9.59 Å². The zero-order chi connectivity index (χ0) is 14.3. The second-order valence-electron chi connectivity index (χ2n) is 5.54. The molecule has 2 unspecified atom stereocenters. The molecule has 1 heterocycles. The number of ether oxygens (including phenoxy) is 1. The minimum Gasteiger partial charge on any atom is -0.482 e. The Morgan fingerprint density at radius 3 is 2.90 bits per heavy atom. The minimum absolute atomic E-state index is 0.00208. The van der Waals surface area contributed by atoms with Crippen molar-refractivity contribution in [2.45, 2.75) is 26.2 Å². The fraction of sp³-hybridized carbons (Fsp3) is 0.467. The normalized spacial score (nSPS) is 24.8. The quantitative estimate of drug-likeness (QED) is 0.841. The van der Waals surface area contributed by atoms with E-state index in [-0.39, 0.29) is 24.2 Å². The molecule has 3 rings (SSSR count). The average Bonchev–Trinajstić information content (AvgIpc) is 2.83. The van der Waals surface area contributed by atoms with Gasteiger partial charge in [-0.1, -0.05) is 13.3 Å². The van der Waals surface area contributed by atoms with Gasteiger partial charge in [0.25, 0.3) is 5.91 Å². The number of halogens is 1. The van der Waals surface area contributed by atoms with E-state index in [0.717, 1.165) is 19.3 Å². The number of hydrogen-bond donors (Lipinski definition) is 1. The largest absolute Gasteiger partial charge is 0.482 e. The standard InChI is InChI=1S/C15H16BrNO3/c1-8-3-2-4-9(8)15(19)10-5-13-12(6-11(10)16)17-14(18)7-20-13/h5-6,8-9H,2-4,7H2,1H3,(H,17,18). The van der Waals surface area contributed by atoms with Crippen LogP contribution >= 0.6 is 15.9 Å². The van der Waals surface area contributed by atoms with E-state index in [1.165, 1.54) is 0 Å². The van der Waals surface area contributed by atoms with Gasteiger partial charge in [0, 0.05) is 16.0 Å². The molecule has 1 aliphatic carbocycles. The number of hydrogen-bond acceptors (Lipinski definition) is 3. The summed E-state index contributed by atoms with van der Waals surface area (Å²) in [6.45, 7) is 2.14. The molecule has 1 saturated carbocycles. The number of ketones is 1. The molecule has 2 aliphatic rings. The van der Waals surface area contributed by atoms with Gasteiger partial charge in [0.15, 0.2) is 12.4 Å². The molecule has 2 atom stereocenters. The molecule has 1 N–H and O–H groups in total. The van der Waals surface area contributed by atoms with Gasteiger partial charge in [-0.05, 0) is 46.8 Å². The van der Waals surface area contributed by atoms with Crippen LogP contribution in [0.3, 0.4) is 0 Å². The molecule has 4 nitrogen and oxygen atoms in total.